The summed E-state index contributed by atoms with van der Waals surface area (Å²) < 4.78 is 4.39. The molecule has 0 saturated heterocycles. The molecule has 0 spiro atoms. The molecule has 0 aliphatic rings. The van der Waals surface area contributed by atoms with E-state index in [1.807, 2.05) is 13.8 Å². The summed E-state index contributed by atoms with van der Waals surface area (Å²) >= 11 is 1.60. The van der Waals surface area contributed by atoms with Gasteiger partial charge in [0.05, 0.1) is 0 Å². The van der Waals surface area contributed by atoms with Crippen LogP contribution in [0, 0.1) is 5.92 Å². The van der Waals surface area contributed by atoms with Gasteiger partial charge in [-0.25, -0.2) is 0 Å². The van der Waals surface area contributed by atoms with Gasteiger partial charge in [-0.05, 0) is 5.92 Å². The lowest BCUT2D eigenvalue weighted by molar-refractivity contribution is -0.132. The minimum Gasteiger partial charge on any atom is -0.394 e. The number of hydrogen-bond donors (Lipinski definition) is 0. The predicted molar refractivity (Wildman–Crippen MR) is 39.6 cm³/mol. The van der Waals surface area contributed by atoms with Gasteiger partial charge in [-0.15, -0.1) is 0 Å². The highest BCUT2D eigenvalue weighted by molar-refractivity contribution is 14.1. The molecular weight excluding hydrogens is 219 g/mol. The van der Waals surface area contributed by atoms with Crippen molar-refractivity contribution in [3.05, 3.63) is 0 Å². The van der Waals surface area contributed by atoms with E-state index in [-0.39, 0.29) is 5.97 Å². The van der Waals surface area contributed by atoms with Crippen LogP contribution in [-0.4, -0.2) is 5.97 Å². The Balaban J connectivity index is 3.25. The fourth-order valence-corrected chi connectivity index (χ4v) is 0.545. The Bertz CT molecular complexity index is 80.5. The van der Waals surface area contributed by atoms with Gasteiger partial charge in [0.25, 0.3) is 0 Å². The van der Waals surface area contributed by atoms with E-state index < -0.39 is 0 Å². The number of carbonyl (C=O) groups excluding carboxylic acids is 1. The lowest BCUT2D eigenvalue weighted by atomic mass is 10.1. The third-order valence-corrected chi connectivity index (χ3v) is 1.15. The molecule has 0 amide bonds. The topological polar surface area (TPSA) is 26.3 Å². The molecule has 0 unspecified atom stereocenters. The Kier molecular flexibility index (Phi) is 4.22. The molecule has 0 rings (SSSR count). The second-order valence-electron chi connectivity index (χ2n) is 2.05. The van der Waals surface area contributed by atoms with E-state index in [2.05, 4.69) is 3.07 Å². The van der Waals surface area contributed by atoms with Crippen molar-refractivity contribution >= 4 is 29.0 Å². The van der Waals surface area contributed by atoms with E-state index in [0.29, 0.717) is 12.3 Å². The minimum atomic E-state index is -0.138. The Morgan fingerprint density at radius 1 is 1.75 bits per heavy atom. The molecule has 0 aliphatic heterocycles. The van der Waals surface area contributed by atoms with Gasteiger partial charge in [-0.1, -0.05) is 13.8 Å². The zero-order chi connectivity index (χ0) is 6.57. The summed E-state index contributed by atoms with van der Waals surface area (Å²) in [6.45, 7) is 3.96. The number of rotatable bonds is 2. The quantitative estimate of drug-likeness (QED) is 0.675. The van der Waals surface area contributed by atoms with Crippen molar-refractivity contribution in [3.8, 4) is 0 Å². The summed E-state index contributed by atoms with van der Waals surface area (Å²) in [5.74, 6) is 0.262. The van der Waals surface area contributed by atoms with Crippen LogP contribution in [0.3, 0.4) is 0 Å². The summed E-state index contributed by atoms with van der Waals surface area (Å²) in [7, 11) is 0. The van der Waals surface area contributed by atoms with E-state index in [4.69, 9.17) is 0 Å². The molecule has 0 aliphatic carbocycles. The van der Waals surface area contributed by atoms with Crippen LogP contribution < -0.4 is 0 Å². The molecule has 0 fully saturated rings. The van der Waals surface area contributed by atoms with E-state index in [9.17, 15) is 4.79 Å². The van der Waals surface area contributed by atoms with Crippen molar-refractivity contribution in [3.63, 3.8) is 0 Å². The van der Waals surface area contributed by atoms with Crippen molar-refractivity contribution in [2.75, 3.05) is 0 Å². The molecule has 0 aromatic heterocycles. The van der Waals surface area contributed by atoms with Gasteiger partial charge in [-0.3, -0.25) is 4.79 Å². The van der Waals surface area contributed by atoms with E-state index in [0.717, 1.165) is 0 Å². The maximum absolute atomic E-state index is 10.4. The maximum atomic E-state index is 10.4. The highest BCUT2D eigenvalue weighted by Crippen LogP contribution is 2.02. The Labute approximate surface area is 63.3 Å². The Hall–Kier alpha value is 0.200. The number of hydrogen-bond acceptors (Lipinski definition) is 2. The highest BCUT2D eigenvalue weighted by Gasteiger charge is 2.02. The maximum Gasteiger partial charge on any atom is 0.315 e. The average molecular weight is 228 g/mol. The molecule has 0 heterocycles. The first-order valence-electron chi connectivity index (χ1n) is 2.48. The first-order chi connectivity index (χ1) is 3.66. The van der Waals surface area contributed by atoms with Gasteiger partial charge >= 0.3 is 5.97 Å². The van der Waals surface area contributed by atoms with Gasteiger partial charge in [0.15, 0.2) is 23.0 Å². The lowest BCUT2D eigenvalue weighted by Gasteiger charge is -1.97. The zero-order valence-corrected chi connectivity index (χ0v) is 7.14. The second-order valence-corrected chi connectivity index (χ2v) is 2.49. The normalized spacial score (nSPS) is 9.50. The molecule has 8 heavy (non-hydrogen) atoms. The van der Waals surface area contributed by atoms with Gasteiger partial charge in [-0.2, -0.15) is 0 Å². The largest absolute Gasteiger partial charge is 0.394 e. The second kappa shape index (κ2) is 4.12. The SMILES string of the molecule is CC(C)CC(=O)OI. The molecule has 3 heteroatoms. The molecule has 48 valence electrons. The van der Waals surface area contributed by atoms with Gasteiger partial charge in [0.2, 0.25) is 0 Å². The molecule has 0 aromatic carbocycles. The molecule has 0 atom stereocenters. The Morgan fingerprint density at radius 3 is 2.38 bits per heavy atom. The lowest BCUT2D eigenvalue weighted by Crippen LogP contribution is -2.00. The average Bonchev–Trinajstić information content (AvgIpc) is 1.65. The minimum absolute atomic E-state index is 0.138. The fraction of sp³-hybridized carbons (Fsp3) is 0.800. The number of halogens is 1. The monoisotopic (exact) mass is 228 g/mol. The van der Waals surface area contributed by atoms with Crippen LogP contribution in [0.5, 0.6) is 0 Å². The van der Waals surface area contributed by atoms with Crippen LogP contribution in [0.2, 0.25) is 0 Å². The van der Waals surface area contributed by atoms with Crippen molar-refractivity contribution in [2.45, 2.75) is 20.3 Å². The summed E-state index contributed by atoms with van der Waals surface area (Å²) in [6.07, 6.45) is 0.517. The molecule has 0 radical (unpaired) electrons. The van der Waals surface area contributed by atoms with Gasteiger partial charge < -0.3 is 3.07 Å². The van der Waals surface area contributed by atoms with Crippen molar-refractivity contribution in [2.24, 2.45) is 5.92 Å². The number of carbonyl (C=O) groups is 1. The molecule has 0 bridgehead atoms. The smallest absolute Gasteiger partial charge is 0.315 e. The summed E-state index contributed by atoms with van der Waals surface area (Å²) in [6, 6.07) is 0. The first kappa shape index (κ1) is 8.20. The van der Waals surface area contributed by atoms with Crippen LogP contribution in [0.1, 0.15) is 20.3 Å². The standard InChI is InChI=1S/C5H9IO2/c1-4(2)3-5(7)8-6/h4H,3H2,1-2H3. The third-order valence-electron chi connectivity index (χ3n) is 0.661. The van der Waals surface area contributed by atoms with Crippen molar-refractivity contribution in [1.82, 2.24) is 0 Å². The van der Waals surface area contributed by atoms with Crippen molar-refractivity contribution < 1.29 is 7.86 Å². The van der Waals surface area contributed by atoms with Crippen LogP contribution in [0.4, 0.5) is 0 Å². The summed E-state index contributed by atoms with van der Waals surface area (Å²) in [5, 5.41) is 0. The summed E-state index contributed by atoms with van der Waals surface area (Å²) in [5.41, 5.74) is 0. The predicted octanol–water partition coefficient (Wildman–Crippen LogP) is 1.93. The molecular formula is C5H9IO2. The van der Waals surface area contributed by atoms with Gasteiger partial charge in [0.1, 0.15) is 0 Å². The highest BCUT2D eigenvalue weighted by atomic mass is 127. The van der Waals surface area contributed by atoms with Crippen LogP contribution in [0.25, 0.3) is 0 Å². The van der Waals surface area contributed by atoms with Crippen LogP contribution in [-0.2, 0) is 7.86 Å². The van der Waals surface area contributed by atoms with E-state index in [1.54, 1.807) is 23.0 Å². The molecule has 0 N–H and O–H groups in total. The van der Waals surface area contributed by atoms with E-state index >= 15 is 0 Å². The van der Waals surface area contributed by atoms with Crippen LogP contribution >= 0.6 is 23.0 Å². The molecule has 2 nitrogen and oxygen atoms in total. The zero-order valence-electron chi connectivity index (χ0n) is 4.98. The third kappa shape index (κ3) is 4.36. The fourth-order valence-electron chi connectivity index (χ4n) is 0.365. The van der Waals surface area contributed by atoms with Gasteiger partial charge in [0, 0.05) is 6.42 Å². The molecule has 0 aromatic rings. The first-order valence-corrected chi connectivity index (χ1v) is 3.36. The van der Waals surface area contributed by atoms with Crippen LogP contribution in [0.15, 0.2) is 0 Å². The van der Waals surface area contributed by atoms with E-state index in [1.165, 1.54) is 0 Å². The molecule has 0 saturated carbocycles. The Morgan fingerprint density at radius 2 is 2.25 bits per heavy atom. The van der Waals surface area contributed by atoms with Crippen molar-refractivity contribution in [1.29, 1.82) is 0 Å². The summed E-state index contributed by atoms with van der Waals surface area (Å²) in [4.78, 5) is 10.4.